The number of amides is 2. The fraction of sp³-hybridized carbons (Fsp3) is 0.381. The molecule has 2 aliphatic rings. The lowest BCUT2D eigenvalue weighted by Gasteiger charge is -2.28. The van der Waals surface area contributed by atoms with E-state index in [1.807, 2.05) is 0 Å². The van der Waals surface area contributed by atoms with Crippen molar-refractivity contribution in [2.45, 2.75) is 13.1 Å². The van der Waals surface area contributed by atoms with Gasteiger partial charge in [0.2, 0.25) is 5.91 Å². The predicted octanol–water partition coefficient (Wildman–Crippen LogP) is 0.610. The van der Waals surface area contributed by atoms with E-state index in [0.29, 0.717) is 26.3 Å². The van der Waals surface area contributed by atoms with Crippen LogP contribution in [0.25, 0.3) is 5.65 Å². The Balaban J connectivity index is 1.44. The van der Waals surface area contributed by atoms with Crippen molar-refractivity contribution in [1.82, 2.24) is 29.0 Å². The first-order valence-electron chi connectivity index (χ1n) is 10.7. The Bertz CT molecular complexity index is 1320. The third-order valence-corrected chi connectivity index (χ3v) is 6.05. The number of rotatable bonds is 6. The first kappa shape index (κ1) is 22.4. The maximum atomic E-state index is 13.3. The molecule has 2 aliphatic heterocycles. The van der Waals surface area contributed by atoms with Crippen LogP contribution in [0.3, 0.4) is 0 Å². The molecule has 0 saturated carbocycles. The number of carbonyl (C=O) groups excluding carboxylic acids is 2. The molecule has 0 atom stereocenters. The molecule has 1 fully saturated rings. The summed E-state index contributed by atoms with van der Waals surface area (Å²) in [6.07, 6.45) is 0.984. The van der Waals surface area contributed by atoms with Gasteiger partial charge in [0.25, 0.3) is 11.5 Å². The molecule has 0 spiro atoms. The minimum Gasteiger partial charge on any atom is -0.379 e. The van der Waals surface area contributed by atoms with Gasteiger partial charge in [-0.05, 0) is 12.1 Å². The first-order chi connectivity index (χ1) is 16.4. The summed E-state index contributed by atoms with van der Waals surface area (Å²) < 4.78 is 21.0. The van der Waals surface area contributed by atoms with Gasteiger partial charge in [0.05, 0.1) is 31.5 Å². The van der Waals surface area contributed by atoms with Crippen LogP contribution in [-0.2, 0) is 22.6 Å². The zero-order valence-corrected chi connectivity index (χ0v) is 18.8. The zero-order valence-electron chi connectivity index (χ0n) is 18.0. The molecule has 11 nitrogen and oxygen atoms in total. The third kappa shape index (κ3) is 4.27. The van der Waals surface area contributed by atoms with Crippen molar-refractivity contribution in [3.8, 4) is 0 Å². The minimum atomic E-state index is -0.533. The summed E-state index contributed by atoms with van der Waals surface area (Å²) in [5.41, 5.74) is 0.167. The predicted molar refractivity (Wildman–Crippen MR) is 119 cm³/mol. The Kier molecular flexibility index (Phi) is 6.02. The van der Waals surface area contributed by atoms with E-state index in [1.54, 1.807) is 4.90 Å². The lowest BCUT2D eigenvalue weighted by molar-refractivity contribution is -0.116. The van der Waals surface area contributed by atoms with Crippen molar-refractivity contribution < 1.29 is 18.7 Å². The summed E-state index contributed by atoms with van der Waals surface area (Å²) in [4.78, 5) is 46.8. The number of carbonyl (C=O) groups is 2. The van der Waals surface area contributed by atoms with Gasteiger partial charge in [0, 0.05) is 32.2 Å². The van der Waals surface area contributed by atoms with Gasteiger partial charge in [-0.25, -0.2) is 9.37 Å². The molecule has 0 aromatic carbocycles. The molecule has 0 unspecified atom stereocenters. The molecule has 178 valence electrons. The van der Waals surface area contributed by atoms with Crippen LogP contribution in [0.4, 0.5) is 10.2 Å². The second-order valence-electron chi connectivity index (χ2n) is 8.05. The Hall–Kier alpha value is -3.35. The smallest absolute Gasteiger partial charge is 0.280 e. The lowest BCUT2D eigenvalue weighted by Crippen LogP contribution is -2.41. The van der Waals surface area contributed by atoms with Gasteiger partial charge in [0.15, 0.2) is 5.15 Å². The van der Waals surface area contributed by atoms with Crippen molar-refractivity contribution >= 4 is 34.9 Å². The van der Waals surface area contributed by atoms with Gasteiger partial charge in [-0.1, -0.05) is 11.6 Å². The fourth-order valence-corrected chi connectivity index (χ4v) is 4.37. The monoisotopic (exact) mass is 489 g/mol. The molecular formula is C21H21ClFN7O4. The molecule has 13 heteroatoms. The normalized spacial score (nSPS) is 16.3. The number of morpholine rings is 1. The number of hydrogen-bond donors (Lipinski definition) is 1. The summed E-state index contributed by atoms with van der Waals surface area (Å²) in [6, 6.07) is 3.92. The van der Waals surface area contributed by atoms with E-state index in [9.17, 15) is 18.8 Å². The van der Waals surface area contributed by atoms with Crippen LogP contribution >= 0.6 is 11.6 Å². The number of pyridine rings is 1. The van der Waals surface area contributed by atoms with Crippen LogP contribution in [0, 0.1) is 5.82 Å². The number of ether oxygens (including phenoxy) is 1. The van der Waals surface area contributed by atoms with Crippen molar-refractivity contribution in [3.63, 3.8) is 0 Å². The van der Waals surface area contributed by atoms with Crippen LogP contribution in [-0.4, -0.2) is 80.2 Å². The maximum absolute atomic E-state index is 13.3. The molecule has 5 heterocycles. The zero-order chi connectivity index (χ0) is 23.8. The quantitative estimate of drug-likeness (QED) is 0.539. The van der Waals surface area contributed by atoms with Gasteiger partial charge in [0.1, 0.15) is 29.5 Å². The summed E-state index contributed by atoms with van der Waals surface area (Å²) in [5, 5.41) is 6.66. The Morgan fingerprint density at radius 3 is 2.74 bits per heavy atom. The highest BCUT2D eigenvalue weighted by molar-refractivity contribution is 6.29. The molecular weight excluding hydrogens is 469 g/mol. The van der Waals surface area contributed by atoms with Gasteiger partial charge in [-0.3, -0.25) is 19.3 Å². The van der Waals surface area contributed by atoms with Gasteiger partial charge in [-0.2, -0.15) is 9.61 Å². The standard InChI is InChI=1S/C21H21ClFN7O4/c22-15-9-18-29(12-17(31)25-16-2-1-13(23)10-24-16)19-14(20(32)30(18)26-15)11-28(21(19)33)4-3-27-5-7-34-8-6-27/h1-2,9-10H,3-8,11-12H2,(H,24,25,31). The number of anilines is 1. The molecule has 0 bridgehead atoms. The Morgan fingerprint density at radius 2 is 2.00 bits per heavy atom. The number of hydrogen-bond acceptors (Lipinski definition) is 7. The number of aromatic nitrogens is 4. The molecule has 1 saturated heterocycles. The number of fused-ring (bicyclic) bond motifs is 2. The first-order valence-corrected chi connectivity index (χ1v) is 11.1. The molecule has 34 heavy (non-hydrogen) atoms. The molecule has 1 N–H and O–H groups in total. The third-order valence-electron chi connectivity index (χ3n) is 5.87. The maximum Gasteiger partial charge on any atom is 0.280 e. The van der Waals surface area contributed by atoms with Crippen molar-refractivity contribution in [1.29, 1.82) is 0 Å². The Labute approximate surface area is 197 Å². The van der Waals surface area contributed by atoms with Crippen LogP contribution in [0.2, 0.25) is 5.15 Å². The molecule has 2 amide bonds. The average Bonchev–Trinajstić information content (AvgIpc) is 3.38. The van der Waals surface area contributed by atoms with E-state index in [-0.39, 0.29) is 46.9 Å². The largest absolute Gasteiger partial charge is 0.379 e. The van der Waals surface area contributed by atoms with Crippen LogP contribution < -0.4 is 10.9 Å². The lowest BCUT2D eigenvalue weighted by atomic mass is 10.2. The SMILES string of the molecule is O=C(Cn1c2c(c(=O)n3nc(Cl)cc13)CN(CCN1CCOCC1)C2=O)Nc1ccc(F)cn1. The van der Waals surface area contributed by atoms with E-state index in [2.05, 4.69) is 20.3 Å². The number of nitrogens with one attached hydrogen (secondary N) is 1. The number of halogens is 2. The highest BCUT2D eigenvalue weighted by Gasteiger charge is 2.35. The van der Waals surface area contributed by atoms with Crippen molar-refractivity contribution in [2.75, 3.05) is 44.7 Å². The van der Waals surface area contributed by atoms with Gasteiger partial charge < -0.3 is 19.5 Å². The van der Waals surface area contributed by atoms with E-state index in [0.717, 1.165) is 23.8 Å². The van der Waals surface area contributed by atoms with E-state index < -0.39 is 17.3 Å². The molecule has 0 radical (unpaired) electrons. The van der Waals surface area contributed by atoms with Crippen LogP contribution in [0.15, 0.2) is 29.2 Å². The molecule has 5 rings (SSSR count). The summed E-state index contributed by atoms with van der Waals surface area (Å²) in [7, 11) is 0. The van der Waals surface area contributed by atoms with Crippen LogP contribution in [0.5, 0.6) is 0 Å². The average molecular weight is 490 g/mol. The highest BCUT2D eigenvalue weighted by Crippen LogP contribution is 2.23. The molecule has 0 aliphatic carbocycles. The summed E-state index contributed by atoms with van der Waals surface area (Å²) in [6.45, 7) is 3.77. The topological polar surface area (TPSA) is 114 Å². The minimum absolute atomic E-state index is 0.0618. The summed E-state index contributed by atoms with van der Waals surface area (Å²) in [5.74, 6) is -1.23. The van der Waals surface area contributed by atoms with E-state index >= 15 is 0 Å². The van der Waals surface area contributed by atoms with Crippen molar-refractivity contribution in [3.05, 3.63) is 57.0 Å². The molecule has 3 aromatic heterocycles. The Morgan fingerprint density at radius 1 is 1.21 bits per heavy atom. The van der Waals surface area contributed by atoms with Crippen LogP contribution in [0.1, 0.15) is 16.1 Å². The van der Waals surface area contributed by atoms with E-state index in [4.69, 9.17) is 16.3 Å². The second kappa shape index (κ2) is 9.12. The second-order valence-corrected chi connectivity index (χ2v) is 8.43. The van der Waals surface area contributed by atoms with Gasteiger partial charge >= 0.3 is 0 Å². The van der Waals surface area contributed by atoms with Gasteiger partial charge in [-0.15, -0.1) is 0 Å². The van der Waals surface area contributed by atoms with E-state index in [1.165, 1.54) is 22.8 Å². The highest BCUT2D eigenvalue weighted by atomic mass is 35.5. The molecule has 3 aromatic rings. The summed E-state index contributed by atoms with van der Waals surface area (Å²) >= 11 is 6.03. The van der Waals surface area contributed by atoms with Crippen molar-refractivity contribution in [2.24, 2.45) is 0 Å². The number of nitrogens with zero attached hydrogens (tertiary/aromatic N) is 6. The fourth-order valence-electron chi connectivity index (χ4n) is 4.19.